The maximum Gasteiger partial charge on any atom is 0.106 e. The fraction of sp³-hybridized carbons (Fsp3) is 0.333. The van der Waals surface area contributed by atoms with Gasteiger partial charge in [0.05, 0.1) is 12.4 Å². The number of rotatable bonds is 2. The van der Waals surface area contributed by atoms with Gasteiger partial charge in [0.25, 0.3) is 0 Å². The van der Waals surface area contributed by atoms with Crippen molar-refractivity contribution in [1.29, 1.82) is 0 Å². The second kappa shape index (κ2) is 3.00. The van der Waals surface area contributed by atoms with Crippen molar-refractivity contribution < 1.29 is 4.84 Å². The van der Waals surface area contributed by atoms with E-state index in [0.29, 0.717) is 0 Å². The van der Waals surface area contributed by atoms with E-state index in [1.807, 2.05) is 6.92 Å². The normalized spacial score (nSPS) is 10.6. The van der Waals surface area contributed by atoms with Gasteiger partial charge in [-0.1, -0.05) is 5.16 Å². The number of aromatic nitrogens is 2. The van der Waals surface area contributed by atoms with Crippen molar-refractivity contribution in [2.24, 2.45) is 5.16 Å². The largest absolute Gasteiger partial charge is 0.399 e. The highest BCUT2D eigenvalue weighted by molar-refractivity contribution is 5.79. The molecule has 1 heterocycles. The average molecular weight is 139 g/mol. The zero-order valence-corrected chi connectivity index (χ0v) is 5.96. The third-order valence-corrected chi connectivity index (χ3v) is 1.17. The van der Waals surface area contributed by atoms with Crippen LogP contribution < -0.4 is 0 Å². The molecule has 0 spiro atoms. The van der Waals surface area contributed by atoms with E-state index in [2.05, 4.69) is 20.2 Å². The van der Waals surface area contributed by atoms with Crippen molar-refractivity contribution >= 4 is 6.21 Å². The first-order valence-electron chi connectivity index (χ1n) is 2.91. The van der Waals surface area contributed by atoms with Gasteiger partial charge in [-0.05, 0) is 6.92 Å². The molecule has 0 aliphatic carbocycles. The molecule has 0 fully saturated rings. The van der Waals surface area contributed by atoms with Gasteiger partial charge in [0.2, 0.25) is 0 Å². The molecule has 0 atom stereocenters. The van der Waals surface area contributed by atoms with Crippen LogP contribution in [0.2, 0.25) is 0 Å². The zero-order valence-electron chi connectivity index (χ0n) is 5.96. The van der Waals surface area contributed by atoms with E-state index in [0.717, 1.165) is 11.3 Å². The molecule has 0 saturated carbocycles. The minimum absolute atomic E-state index is 0.946. The number of aryl methyl sites for hydroxylation is 1. The maximum absolute atomic E-state index is 4.50. The molecule has 1 rings (SSSR count). The summed E-state index contributed by atoms with van der Waals surface area (Å²) in [5.41, 5.74) is 1.93. The molecule has 10 heavy (non-hydrogen) atoms. The van der Waals surface area contributed by atoms with Crippen LogP contribution in [0.4, 0.5) is 0 Å². The number of oxime groups is 1. The molecule has 0 aliphatic heterocycles. The molecule has 4 nitrogen and oxygen atoms in total. The van der Waals surface area contributed by atoms with Gasteiger partial charge in [0, 0.05) is 11.3 Å². The Kier molecular flexibility index (Phi) is 2.04. The Balaban J connectivity index is 2.74. The van der Waals surface area contributed by atoms with Crippen molar-refractivity contribution in [3.63, 3.8) is 0 Å². The van der Waals surface area contributed by atoms with E-state index >= 15 is 0 Å². The Morgan fingerprint density at radius 3 is 3.10 bits per heavy atom. The molecular formula is C6H9N3O. The first-order chi connectivity index (χ1) is 4.84. The molecule has 1 aromatic heterocycles. The highest BCUT2D eigenvalue weighted by atomic mass is 16.6. The maximum atomic E-state index is 4.50. The van der Waals surface area contributed by atoms with E-state index in [1.54, 1.807) is 12.4 Å². The van der Waals surface area contributed by atoms with Crippen molar-refractivity contribution in [2.45, 2.75) is 6.92 Å². The summed E-state index contributed by atoms with van der Waals surface area (Å²) >= 11 is 0. The molecular weight excluding hydrogens is 130 g/mol. The molecule has 1 N–H and O–H groups in total. The molecule has 0 aliphatic rings. The van der Waals surface area contributed by atoms with Gasteiger partial charge in [-0.15, -0.1) is 0 Å². The minimum Gasteiger partial charge on any atom is -0.399 e. The van der Waals surface area contributed by atoms with Gasteiger partial charge < -0.3 is 4.84 Å². The highest BCUT2D eigenvalue weighted by Gasteiger charge is 1.93. The quantitative estimate of drug-likeness (QED) is 0.484. The van der Waals surface area contributed by atoms with Crippen molar-refractivity contribution in [3.05, 3.63) is 17.5 Å². The number of nitrogens with zero attached hydrogens (tertiary/aromatic N) is 2. The van der Waals surface area contributed by atoms with Gasteiger partial charge >= 0.3 is 0 Å². The van der Waals surface area contributed by atoms with Crippen LogP contribution in [0.1, 0.15) is 11.3 Å². The predicted molar refractivity (Wildman–Crippen MR) is 37.9 cm³/mol. The monoisotopic (exact) mass is 139 g/mol. The Labute approximate surface area is 58.9 Å². The lowest BCUT2D eigenvalue weighted by atomic mass is 10.3. The standard InChI is InChI=1S/C6H9N3O/c1-5-6(3-7-9-5)4-8-10-2/h3-4H,1-2H3,(H,7,9)/b8-4+. The smallest absolute Gasteiger partial charge is 0.106 e. The van der Waals surface area contributed by atoms with Gasteiger partial charge in [0.15, 0.2) is 0 Å². The second-order valence-corrected chi connectivity index (χ2v) is 1.87. The van der Waals surface area contributed by atoms with Gasteiger partial charge in [-0.2, -0.15) is 5.10 Å². The summed E-state index contributed by atoms with van der Waals surface area (Å²) in [5, 5.41) is 10.2. The van der Waals surface area contributed by atoms with Crippen LogP contribution in [0.5, 0.6) is 0 Å². The molecule has 4 heteroatoms. The van der Waals surface area contributed by atoms with Crippen LogP contribution in [0.25, 0.3) is 0 Å². The first-order valence-corrected chi connectivity index (χ1v) is 2.91. The van der Waals surface area contributed by atoms with E-state index < -0.39 is 0 Å². The molecule has 0 unspecified atom stereocenters. The van der Waals surface area contributed by atoms with E-state index in [-0.39, 0.29) is 0 Å². The lowest BCUT2D eigenvalue weighted by Crippen LogP contribution is -1.81. The van der Waals surface area contributed by atoms with Crippen LogP contribution in [0, 0.1) is 6.92 Å². The van der Waals surface area contributed by atoms with Crippen molar-refractivity contribution in [2.75, 3.05) is 7.11 Å². The fourth-order valence-electron chi connectivity index (χ4n) is 0.600. The lowest BCUT2D eigenvalue weighted by Gasteiger charge is -1.85. The molecule has 0 amide bonds. The second-order valence-electron chi connectivity index (χ2n) is 1.87. The third-order valence-electron chi connectivity index (χ3n) is 1.17. The number of hydrogen-bond acceptors (Lipinski definition) is 3. The summed E-state index contributed by atoms with van der Waals surface area (Å²) in [7, 11) is 1.51. The number of hydrogen-bond donors (Lipinski definition) is 1. The zero-order chi connectivity index (χ0) is 7.40. The summed E-state index contributed by atoms with van der Waals surface area (Å²) in [4.78, 5) is 4.50. The molecule has 0 radical (unpaired) electrons. The summed E-state index contributed by atoms with van der Waals surface area (Å²) in [6, 6.07) is 0. The van der Waals surface area contributed by atoms with Crippen LogP contribution in [-0.2, 0) is 4.84 Å². The van der Waals surface area contributed by atoms with Gasteiger partial charge in [0.1, 0.15) is 7.11 Å². The Bertz CT molecular complexity index is 229. The molecule has 0 bridgehead atoms. The lowest BCUT2D eigenvalue weighted by molar-refractivity contribution is 0.215. The van der Waals surface area contributed by atoms with Crippen molar-refractivity contribution in [3.8, 4) is 0 Å². The van der Waals surface area contributed by atoms with E-state index in [1.165, 1.54) is 7.11 Å². The van der Waals surface area contributed by atoms with Gasteiger partial charge in [-0.25, -0.2) is 0 Å². The summed E-state index contributed by atoms with van der Waals surface area (Å²) in [5.74, 6) is 0. The summed E-state index contributed by atoms with van der Waals surface area (Å²) in [6.07, 6.45) is 3.30. The Hall–Kier alpha value is -1.32. The number of aromatic amines is 1. The predicted octanol–water partition coefficient (Wildman–Crippen LogP) is 0.698. The van der Waals surface area contributed by atoms with Crippen LogP contribution in [0.3, 0.4) is 0 Å². The van der Waals surface area contributed by atoms with Crippen molar-refractivity contribution in [1.82, 2.24) is 10.2 Å². The van der Waals surface area contributed by atoms with Gasteiger partial charge in [-0.3, -0.25) is 5.10 Å². The van der Waals surface area contributed by atoms with E-state index in [9.17, 15) is 0 Å². The molecule has 0 saturated heterocycles. The molecule has 1 aromatic rings. The van der Waals surface area contributed by atoms with E-state index in [4.69, 9.17) is 0 Å². The Morgan fingerprint density at radius 2 is 2.60 bits per heavy atom. The molecule has 0 aromatic carbocycles. The summed E-state index contributed by atoms with van der Waals surface area (Å²) < 4.78 is 0. The van der Waals surface area contributed by atoms with Crippen LogP contribution in [-0.4, -0.2) is 23.5 Å². The summed E-state index contributed by atoms with van der Waals surface area (Å²) in [6.45, 7) is 1.92. The average Bonchev–Trinajstić information content (AvgIpc) is 2.31. The third kappa shape index (κ3) is 1.34. The number of nitrogens with one attached hydrogen (secondary N) is 1. The first kappa shape index (κ1) is 6.80. The topological polar surface area (TPSA) is 50.3 Å². The number of H-pyrrole nitrogens is 1. The SMILES string of the molecule is CO/N=C/c1cn[nH]c1C. The molecule has 54 valence electrons. The fourth-order valence-corrected chi connectivity index (χ4v) is 0.600. The van der Waals surface area contributed by atoms with Crippen LogP contribution in [0.15, 0.2) is 11.4 Å². The minimum atomic E-state index is 0.946. The van der Waals surface area contributed by atoms with Crippen LogP contribution >= 0.6 is 0 Å². The Morgan fingerprint density at radius 1 is 1.80 bits per heavy atom. The highest BCUT2D eigenvalue weighted by Crippen LogP contribution is 1.97.